The van der Waals surface area contributed by atoms with Crippen LogP contribution in [0.1, 0.15) is 39.0 Å². The molecule has 15 heavy (non-hydrogen) atoms. The van der Waals surface area contributed by atoms with Gasteiger partial charge in [-0.15, -0.1) is 0 Å². The van der Waals surface area contributed by atoms with E-state index in [1.54, 1.807) is 0 Å². The standard InChI is InChI=1S/C10H16F3NO/c1-2-7-3-5-8(10(11,12)13)14-9(15)6-4-7/h7-8H,2-6H2,1H3,(H,14,15). The van der Waals surface area contributed by atoms with Crippen molar-refractivity contribution in [3.8, 4) is 0 Å². The molecule has 1 N–H and O–H groups in total. The van der Waals surface area contributed by atoms with Crippen molar-refractivity contribution in [2.45, 2.75) is 51.2 Å². The fraction of sp³-hybridized carbons (Fsp3) is 0.900. The Bertz CT molecular complexity index is 227. The van der Waals surface area contributed by atoms with Crippen LogP contribution in [0, 0.1) is 5.92 Å². The monoisotopic (exact) mass is 223 g/mol. The van der Waals surface area contributed by atoms with Gasteiger partial charge in [0.1, 0.15) is 6.04 Å². The highest BCUT2D eigenvalue weighted by Gasteiger charge is 2.41. The van der Waals surface area contributed by atoms with Crippen molar-refractivity contribution >= 4 is 5.91 Å². The van der Waals surface area contributed by atoms with E-state index in [4.69, 9.17) is 0 Å². The molecule has 0 aliphatic carbocycles. The van der Waals surface area contributed by atoms with Gasteiger partial charge in [0.2, 0.25) is 5.91 Å². The van der Waals surface area contributed by atoms with Crippen molar-refractivity contribution in [1.29, 1.82) is 0 Å². The number of hydrogen-bond acceptors (Lipinski definition) is 1. The van der Waals surface area contributed by atoms with Crippen LogP contribution in [0.3, 0.4) is 0 Å². The predicted octanol–water partition coefficient (Wildman–Crippen LogP) is 2.63. The van der Waals surface area contributed by atoms with E-state index in [2.05, 4.69) is 0 Å². The van der Waals surface area contributed by atoms with Crippen molar-refractivity contribution in [1.82, 2.24) is 5.32 Å². The van der Waals surface area contributed by atoms with Gasteiger partial charge in [0.25, 0.3) is 0 Å². The van der Waals surface area contributed by atoms with Gasteiger partial charge < -0.3 is 5.32 Å². The zero-order chi connectivity index (χ0) is 11.5. The largest absolute Gasteiger partial charge is 0.408 e. The summed E-state index contributed by atoms with van der Waals surface area (Å²) in [4.78, 5) is 11.1. The molecule has 1 rings (SSSR count). The van der Waals surface area contributed by atoms with E-state index in [0.29, 0.717) is 12.8 Å². The lowest BCUT2D eigenvalue weighted by molar-refractivity contribution is -0.164. The van der Waals surface area contributed by atoms with E-state index in [1.165, 1.54) is 0 Å². The van der Waals surface area contributed by atoms with Gasteiger partial charge in [-0.2, -0.15) is 13.2 Å². The first-order valence-corrected chi connectivity index (χ1v) is 5.29. The molecule has 0 spiro atoms. The maximum atomic E-state index is 12.4. The van der Waals surface area contributed by atoms with Crippen molar-refractivity contribution in [2.75, 3.05) is 0 Å². The topological polar surface area (TPSA) is 29.1 Å². The maximum Gasteiger partial charge on any atom is 0.408 e. The van der Waals surface area contributed by atoms with Crippen LogP contribution in [0.15, 0.2) is 0 Å². The van der Waals surface area contributed by atoms with Gasteiger partial charge >= 0.3 is 6.18 Å². The fourth-order valence-electron chi connectivity index (χ4n) is 1.87. The average molecular weight is 223 g/mol. The van der Waals surface area contributed by atoms with Crippen LogP contribution in [-0.2, 0) is 4.79 Å². The SMILES string of the molecule is CCC1CCC(=O)NC(C(F)(F)F)CC1. The summed E-state index contributed by atoms with van der Waals surface area (Å²) < 4.78 is 37.3. The Morgan fingerprint density at radius 2 is 2.00 bits per heavy atom. The lowest BCUT2D eigenvalue weighted by Gasteiger charge is -2.26. The normalized spacial score (nSPS) is 29.2. The number of hydrogen-bond donors (Lipinski definition) is 1. The van der Waals surface area contributed by atoms with Crippen molar-refractivity contribution in [3.05, 3.63) is 0 Å². The fourth-order valence-corrected chi connectivity index (χ4v) is 1.87. The average Bonchev–Trinajstić information content (AvgIpc) is 2.10. The summed E-state index contributed by atoms with van der Waals surface area (Å²) in [6, 6.07) is -1.65. The quantitative estimate of drug-likeness (QED) is 0.727. The van der Waals surface area contributed by atoms with Crippen LogP contribution in [0.2, 0.25) is 0 Å². The second kappa shape index (κ2) is 4.86. The third kappa shape index (κ3) is 3.72. The minimum absolute atomic E-state index is 0.00769. The van der Waals surface area contributed by atoms with Gasteiger partial charge in [-0.1, -0.05) is 13.3 Å². The van der Waals surface area contributed by atoms with E-state index < -0.39 is 18.1 Å². The molecule has 0 bridgehead atoms. The molecule has 1 amide bonds. The third-order valence-electron chi connectivity index (χ3n) is 2.95. The maximum absolute atomic E-state index is 12.4. The second-order valence-corrected chi connectivity index (χ2v) is 4.05. The first-order valence-electron chi connectivity index (χ1n) is 5.29. The Morgan fingerprint density at radius 1 is 1.33 bits per heavy atom. The van der Waals surface area contributed by atoms with Gasteiger partial charge in [-0.05, 0) is 25.2 Å². The van der Waals surface area contributed by atoms with E-state index in [1.807, 2.05) is 12.2 Å². The van der Waals surface area contributed by atoms with E-state index >= 15 is 0 Å². The van der Waals surface area contributed by atoms with Gasteiger partial charge in [-0.25, -0.2) is 0 Å². The third-order valence-corrected chi connectivity index (χ3v) is 2.95. The molecule has 0 radical (unpaired) electrons. The summed E-state index contributed by atoms with van der Waals surface area (Å²) in [6.07, 6.45) is -2.00. The lowest BCUT2D eigenvalue weighted by Crippen LogP contribution is -2.46. The van der Waals surface area contributed by atoms with Gasteiger partial charge in [0, 0.05) is 6.42 Å². The summed E-state index contributed by atoms with van der Waals surface area (Å²) in [5, 5.41) is 2.04. The molecular formula is C10H16F3NO. The smallest absolute Gasteiger partial charge is 0.344 e. The molecule has 1 saturated heterocycles. The predicted molar refractivity (Wildman–Crippen MR) is 50.2 cm³/mol. The number of halogens is 3. The van der Waals surface area contributed by atoms with Crippen LogP contribution >= 0.6 is 0 Å². The Balaban J connectivity index is 2.62. The van der Waals surface area contributed by atoms with Crippen LogP contribution in [0.25, 0.3) is 0 Å². The number of amides is 1. The Kier molecular flexibility index (Phi) is 3.99. The molecule has 0 saturated carbocycles. The summed E-state index contributed by atoms with van der Waals surface area (Å²) in [5.41, 5.74) is 0. The summed E-state index contributed by atoms with van der Waals surface area (Å²) >= 11 is 0. The molecule has 1 aliphatic heterocycles. The minimum Gasteiger partial charge on any atom is -0.344 e. The molecular weight excluding hydrogens is 207 g/mol. The summed E-state index contributed by atoms with van der Waals surface area (Å²) in [7, 11) is 0. The van der Waals surface area contributed by atoms with Gasteiger partial charge in [0.05, 0.1) is 0 Å². The molecule has 1 aliphatic rings. The van der Waals surface area contributed by atoms with Crippen LogP contribution in [0.5, 0.6) is 0 Å². The van der Waals surface area contributed by atoms with Crippen molar-refractivity contribution in [3.63, 3.8) is 0 Å². The molecule has 2 unspecified atom stereocenters. The molecule has 1 fully saturated rings. The highest BCUT2D eigenvalue weighted by atomic mass is 19.4. The summed E-state index contributed by atoms with van der Waals surface area (Å²) in [6.45, 7) is 1.95. The van der Waals surface area contributed by atoms with E-state index in [0.717, 1.165) is 6.42 Å². The number of carbonyl (C=O) groups excluding carboxylic acids is 1. The highest BCUT2D eigenvalue weighted by Crippen LogP contribution is 2.28. The molecule has 88 valence electrons. The molecule has 0 aromatic rings. The Morgan fingerprint density at radius 3 is 2.53 bits per heavy atom. The van der Waals surface area contributed by atoms with Crippen LogP contribution in [-0.4, -0.2) is 18.1 Å². The Labute approximate surface area is 87.2 Å². The Hall–Kier alpha value is -0.740. The minimum atomic E-state index is -4.31. The molecule has 1 heterocycles. The van der Waals surface area contributed by atoms with Gasteiger partial charge in [-0.3, -0.25) is 4.79 Å². The molecule has 2 atom stereocenters. The highest BCUT2D eigenvalue weighted by molar-refractivity contribution is 5.76. The second-order valence-electron chi connectivity index (χ2n) is 4.05. The number of alkyl halides is 3. The first kappa shape index (κ1) is 12.3. The molecule has 2 nitrogen and oxygen atoms in total. The van der Waals surface area contributed by atoms with Crippen molar-refractivity contribution < 1.29 is 18.0 Å². The van der Waals surface area contributed by atoms with Crippen molar-refractivity contribution in [2.24, 2.45) is 5.92 Å². The van der Waals surface area contributed by atoms with Crippen LogP contribution < -0.4 is 5.32 Å². The molecule has 0 aromatic heterocycles. The molecule has 0 aromatic carbocycles. The zero-order valence-corrected chi connectivity index (χ0v) is 8.73. The van der Waals surface area contributed by atoms with Gasteiger partial charge in [0.15, 0.2) is 0 Å². The van der Waals surface area contributed by atoms with Crippen LogP contribution in [0.4, 0.5) is 13.2 Å². The number of nitrogens with one attached hydrogen (secondary N) is 1. The first-order chi connectivity index (χ1) is 6.93. The lowest BCUT2D eigenvalue weighted by atomic mass is 9.91. The molecule has 5 heteroatoms. The van der Waals surface area contributed by atoms with E-state index in [-0.39, 0.29) is 18.8 Å². The number of carbonyl (C=O) groups is 1. The zero-order valence-electron chi connectivity index (χ0n) is 8.73. The summed E-state index contributed by atoms with van der Waals surface area (Å²) in [5.74, 6) is -0.226. The van der Waals surface area contributed by atoms with E-state index in [9.17, 15) is 18.0 Å². The number of rotatable bonds is 1.